The molecule has 0 saturated carbocycles. The molecule has 1 atom stereocenters. The van der Waals surface area contributed by atoms with Crippen molar-refractivity contribution in [3.63, 3.8) is 0 Å². The zero-order valence-electron chi connectivity index (χ0n) is 15.5. The Morgan fingerprint density at radius 3 is 2.59 bits per heavy atom. The van der Waals surface area contributed by atoms with Crippen molar-refractivity contribution in [1.82, 2.24) is 0 Å². The monoisotopic (exact) mass is 366 g/mol. The number of anilines is 2. The molecule has 2 aliphatic heterocycles. The van der Waals surface area contributed by atoms with Gasteiger partial charge < -0.3 is 14.4 Å². The van der Waals surface area contributed by atoms with E-state index in [4.69, 9.17) is 9.47 Å². The lowest BCUT2D eigenvalue weighted by atomic mass is 9.95. The van der Waals surface area contributed by atoms with Crippen molar-refractivity contribution >= 4 is 23.3 Å². The third-order valence-corrected chi connectivity index (χ3v) is 5.44. The summed E-state index contributed by atoms with van der Waals surface area (Å²) in [5.41, 5.74) is 2.58. The maximum absolute atomic E-state index is 12.9. The van der Waals surface area contributed by atoms with Crippen LogP contribution in [0.3, 0.4) is 0 Å². The Morgan fingerprint density at radius 1 is 1.11 bits per heavy atom. The van der Waals surface area contributed by atoms with Gasteiger partial charge in [0.15, 0.2) is 0 Å². The molecule has 1 amide bonds. The average molecular weight is 366 g/mol. The number of benzene rings is 2. The minimum absolute atomic E-state index is 0.0574. The molecule has 0 N–H and O–H groups in total. The first-order valence-corrected chi connectivity index (χ1v) is 9.01. The first-order valence-electron chi connectivity index (χ1n) is 9.01. The molecule has 0 bridgehead atoms. The van der Waals surface area contributed by atoms with Gasteiger partial charge in [0.05, 0.1) is 30.7 Å². The third-order valence-electron chi connectivity index (χ3n) is 5.44. The second-order valence-corrected chi connectivity index (χ2v) is 6.75. The lowest BCUT2D eigenvalue weighted by Crippen LogP contribution is -2.52. The van der Waals surface area contributed by atoms with Crippen molar-refractivity contribution in [2.45, 2.75) is 18.5 Å². The summed E-state index contributed by atoms with van der Waals surface area (Å²) >= 11 is 0. The Bertz CT molecular complexity index is 883. The van der Waals surface area contributed by atoms with Crippen molar-refractivity contribution in [3.8, 4) is 0 Å². The summed E-state index contributed by atoms with van der Waals surface area (Å²) < 4.78 is 10.2. The second-order valence-electron chi connectivity index (χ2n) is 6.75. The first kappa shape index (κ1) is 17.5. The predicted octanol–water partition coefficient (Wildman–Crippen LogP) is 2.92. The van der Waals surface area contributed by atoms with Gasteiger partial charge in [0.1, 0.15) is 5.66 Å². The van der Waals surface area contributed by atoms with Gasteiger partial charge in [-0.15, -0.1) is 0 Å². The molecule has 0 radical (unpaired) electrons. The Kier molecular flexibility index (Phi) is 4.36. The SMILES string of the molecule is COCCN1c2ccc(C(=O)OC)cc2N2C(=O)CCC12c1ccccc1. The highest BCUT2D eigenvalue weighted by molar-refractivity contribution is 6.06. The normalized spacial score (nSPS) is 20.6. The van der Waals surface area contributed by atoms with Crippen LogP contribution in [0.15, 0.2) is 48.5 Å². The van der Waals surface area contributed by atoms with Crippen molar-refractivity contribution in [1.29, 1.82) is 0 Å². The summed E-state index contributed by atoms with van der Waals surface area (Å²) in [5, 5.41) is 0. The molecule has 140 valence electrons. The van der Waals surface area contributed by atoms with E-state index in [0.29, 0.717) is 31.6 Å². The van der Waals surface area contributed by atoms with Gasteiger partial charge in [-0.1, -0.05) is 30.3 Å². The van der Waals surface area contributed by atoms with E-state index < -0.39 is 11.6 Å². The minimum Gasteiger partial charge on any atom is -0.465 e. The van der Waals surface area contributed by atoms with Gasteiger partial charge >= 0.3 is 5.97 Å². The lowest BCUT2D eigenvalue weighted by Gasteiger charge is -2.41. The van der Waals surface area contributed by atoms with E-state index in [9.17, 15) is 9.59 Å². The molecule has 27 heavy (non-hydrogen) atoms. The highest BCUT2D eigenvalue weighted by atomic mass is 16.5. The molecule has 1 saturated heterocycles. The number of carbonyl (C=O) groups is 2. The number of methoxy groups -OCH3 is 2. The number of carbonyl (C=O) groups excluding carboxylic acids is 2. The first-order chi connectivity index (χ1) is 13.1. The van der Waals surface area contributed by atoms with Crippen LogP contribution in [-0.4, -0.2) is 39.2 Å². The molecule has 6 heteroatoms. The molecule has 1 unspecified atom stereocenters. The van der Waals surface area contributed by atoms with Crippen LogP contribution in [0.25, 0.3) is 0 Å². The highest BCUT2D eigenvalue weighted by Crippen LogP contribution is 2.55. The summed E-state index contributed by atoms with van der Waals surface area (Å²) in [5.74, 6) is -0.355. The molecule has 1 fully saturated rings. The quantitative estimate of drug-likeness (QED) is 0.762. The number of fused-ring (bicyclic) bond motifs is 3. The van der Waals surface area contributed by atoms with Crippen LogP contribution in [-0.2, 0) is 19.9 Å². The average Bonchev–Trinajstić information content (AvgIpc) is 3.20. The van der Waals surface area contributed by atoms with E-state index in [1.165, 1.54) is 7.11 Å². The zero-order valence-corrected chi connectivity index (χ0v) is 15.5. The van der Waals surface area contributed by atoms with Crippen LogP contribution in [0.1, 0.15) is 28.8 Å². The van der Waals surface area contributed by atoms with E-state index in [-0.39, 0.29) is 5.91 Å². The Balaban J connectivity index is 1.91. The van der Waals surface area contributed by atoms with Crippen LogP contribution in [0, 0.1) is 0 Å². The zero-order chi connectivity index (χ0) is 19.0. The van der Waals surface area contributed by atoms with Crippen LogP contribution in [0.5, 0.6) is 0 Å². The molecule has 0 aliphatic carbocycles. The van der Waals surface area contributed by atoms with E-state index in [0.717, 1.165) is 16.9 Å². The standard InChI is InChI=1S/C21H22N2O4/c1-26-13-12-22-17-9-8-15(20(25)27-2)14-18(17)23-19(24)10-11-21(22,23)16-6-4-3-5-7-16/h3-9,14H,10-13H2,1-2H3. The van der Waals surface area contributed by atoms with Crippen LogP contribution in [0.4, 0.5) is 11.4 Å². The Labute approximate surface area is 158 Å². The van der Waals surface area contributed by atoms with Gasteiger partial charge in [0.2, 0.25) is 5.91 Å². The number of rotatable bonds is 5. The lowest BCUT2D eigenvalue weighted by molar-refractivity contribution is -0.117. The van der Waals surface area contributed by atoms with Crippen LogP contribution < -0.4 is 9.80 Å². The van der Waals surface area contributed by atoms with E-state index in [1.807, 2.05) is 29.2 Å². The molecule has 2 aliphatic rings. The molecule has 4 rings (SSSR count). The maximum Gasteiger partial charge on any atom is 0.337 e. The number of hydrogen-bond acceptors (Lipinski definition) is 5. The summed E-state index contributed by atoms with van der Waals surface area (Å²) in [6.07, 6.45) is 1.14. The van der Waals surface area contributed by atoms with E-state index in [1.54, 1.807) is 19.2 Å². The number of ether oxygens (including phenoxy) is 2. The number of amides is 1. The largest absolute Gasteiger partial charge is 0.465 e. The van der Waals surface area contributed by atoms with Gasteiger partial charge in [-0.25, -0.2) is 4.79 Å². The van der Waals surface area contributed by atoms with Crippen LogP contribution in [0.2, 0.25) is 0 Å². The second kappa shape index (κ2) is 6.70. The van der Waals surface area contributed by atoms with E-state index in [2.05, 4.69) is 17.0 Å². The summed E-state index contributed by atoms with van der Waals surface area (Å²) in [6.45, 7) is 1.18. The molecular formula is C21H22N2O4. The molecule has 0 spiro atoms. The van der Waals surface area contributed by atoms with E-state index >= 15 is 0 Å². The smallest absolute Gasteiger partial charge is 0.337 e. The van der Waals surface area contributed by atoms with Gasteiger partial charge in [-0.05, 0) is 23.8 Å². The highest BCUT2D eigenvalue weighted by Gasteiger charge is 2.57. The third kappa shape index (κ3) is 2.51. The Hall–Kier alpha value is -2.86. The van der Waals surface area contributed by atoms with Gasteiger partial charge in [0.25, 0.3) is 0 Å². The maximum atomic E-state index is 12.9. The fourth-order valence-corrected chi connectivity index (χ4v) is 4.30. The van der Waals surface area contributed by atoms with Gasteiger partial charge in [-0.3, -0.25) is 9.69 Å². The molecule has 2 aromatic carbocycles. The van der Waals surface area contributed by atoms with Gasteiger partial charge in [-0.2, -0.15) is 0 Å². The van der Waals surface area contributed by atoms with Crippen molar-refractivity contribution in [2.24, 2.45) is 0 Å². The number of esters is 1. The fourth-order valence-electron chi connectivity index (χ4n) is 4.30. The summed E-state index contributed by atoms with van der Waals surface area (Å²) in [4.78, 5) is 29.0. The molecule has 2 heterocycles. The molecular weight excluding hydrogens is 344 g/mol. The topological polar surface area (TPSA) is 59.1 Å². The number of hydrogen-bond donors (Lipinski definition) is 0. The predicted molar refractivity (Wildman–Crippen MR) is 102 cm³/mol. The minimum atomic E-state index is -0.589. The Morgan fingerprint density at radius 2 is 1.89 bits per heavy atom. The summed E-state index contributed by atoms with van der Waals surface area (Å²) in [6, 6.07) is 15.5. The van der Waals surface area contributed by atoms with Crippen molar-refractivity contribution in [3.05, 3.63) is 59.7 Å². The number of nitrogens with zero attached hydrogens (tertiary/aromatic N) is 2. The fraction of sp³-hybridized carbons (Fsp3) is 0.333. The molecule has 6 nitrogen and oxygen atoms in total. The van der Waals surface area contributed by atoms with Crippen LogP contribution >= 0.6 is 0 Å². The van der Waals surface area contributed by atoms with Crippen molar-refractivity contribution in [2.75, 3.05) is 37.2 Å². The molecule has 0 aromatic heterocycles. The van der Waals surface area contributed by atoms with Gasteiger partial charge in [0, 0.05) is 26.5 Å². The molecule has 2 aromatic rings. The van der Waals surface area contributed by atoms with Crippen molar-refractivity contribution < 1.29 is 19.1 Å². The summed E-state index contributed by atoms with van der Waals surface area (Å²) in [7, 11) is 3.03.